The van der Waals surface area contributed by atoms with Gasteiger partial charge in [0.15, 0.2) is 0 Å². The number of rotatable bonds is 5. The second-order valence-electron chi connectivity index (χ2n) is 5.98. The number of hydrogen-bond donors (Lipinski definition) is 2. The van der Waals surface area contributed by atoms with Crippen molar-refractivity contribution in [3.63, 3.8) is 0 Å². The Hall–Kier alpha value is -3.36. The van der Waals surface area contributed by atoms with Crippen LogP contribution in [0.2, 0.25) is 5.02 Å². The maximum Gasteiger partial charge on any atom is 0.262 e. The summed E-state index contributed by atoms with van der Waals surface area (Å²) in [6, 6.07) is 18.6. The molecule has 3 aromatic rings. The van der Waals surface area contributed by atoms with E-state index in [2.05, 4.69) is 15.5 Å². The van der Waals surface area contributed by atoms with Crippen molar-refractivity contribution in [3.05, 3.63) is 82.5 Å². The van der Waals surface area contributed by atoms with Gasteiger partial charge in [-0.3, -0.25) is 9.89 Å². The molecule has 0 saturated heterocycles. The second kappa shape index (κ2) is 8.35. The molecule has 1 heterocycles. The molecule has 2 N–H and O–H groups in total. The Morgan fingerprint density at radius 3 is 2.59 bits per heavy atom. The number of nitriles is 1. The molecule has 0 fully saturated rings. The predicted octanol–water partition coefficient (Wildman–Crippen LogP) is 4.51. The van der Waals surface area contributed by atoms with Crippen LogP contribution in [-0.2, 0) is 4.79 Å². The average molecular weight is 377 g/mol. The Labute approximate surface area is 162 Å². The number of aromatic nitrogens is 2. The Morgan fingerprint density at radius 2 is 1.93 bits per heavy atom. The summed E-state index contributed by atoms with van der Waals surface area (Å²) in [4.78, 5) is 12.5. The van der Waals surface area contributed by atoms with Crippen LogP contribution in [0.15, 0.2) is 66.4 Å². The van der Waals surface area contributed by atoms with Crippen LogP contribution in [0.25, 0.3) is 17.3 Å². The lowest BCUT2D eigenvalue weighted by molar-refractivity contribution is -0.117. The lowest BCUT2D eigenvalue weighted by Gasteiger charge is -2.13. The third-order valence-electron chi connectivity index (χ3n) is 4.11. The zero-order valence-corrected chi connectivity index (χ0v) is 15.4. The topological polar surface area (TPSA) is 81.6 Å². The Kier molecular flexibility index (Phi) is 5.70. The van der Waals surface area contributed by atoms with Gasteiger partial charge in [0.1, 0.15) is 11.6 Å². The number of H-pyrrole nitrogens is 1. The summed E-state index contributed by atoms with van der Waals surface area (Å²) in [7, 11) is 0. The van der Waals surface area contributed by atoms with E-state index in [4.69, 9.17) is 11.6 Å². The van der Waals surface area contributed by atoms with Gasteiger partial charge in [-0.15, -0.1) is 0 Å². The molecule has 2 aromatic carbocycles. The van der Waals surface area contributed by atoms with Gasteiger partial charge in [-0.1, -0.05) is 54.1 Å². The van der Waals surface area contributed by atoms with Crippen LogP contribution in [0.3, 0.4) is 0 Å². The van der Waals surface area contributed by atoms with E-state index < -0.39 is 5.91 Å². The summed E-state index contributed by atoms with van der Waals surface area (Å²) >= 11 is 5.93. The minimum atomic E-state index is -0.433. The van der Waals surface area contributed by atoms with Gasteiger partial charge in [0.25, 0.3) is 5.91 Å². The summed E-state index contributed by atoms with van der Waals surface area (Å²) in [5.74, 6) is -0.433. The fourth-order valence-electron chi connectivity index (χ4n) is 2.66. The number of carbonyl (C=O) groups excluding carboxylic acids is 1. The minimum Gasteiger partial charge on any atom is -0.345 e. The summed E-state index contributed by atoms with van der Waals surface area (Å²) in [6.07, 6.45) is 3.11. The standard InChI is InChI=1S/C21H17ClN4O/c1-14(15-5-3-2-4-6-15)25-21(27)17(12-23)11-18-13-24-26-20(18)16-7-9-19(22)10-8-16/h2-11,13-14H,1H3,(H,24,26)(H,25,27). The van der Waals surface area contributed by atoms with E-state index in [0.717, 1.165) is 11.1 Å². The fraction of sp³-hybridized carbons (Fsp3) is 0.0952. The summed E-state index contributed by atoms with van der Waals surface area (Å²) < 4.78 is 0. The Balaban J connectivity index is 1.83. The lowest BCUT2D eigenvalue weighted by Crippen LogP contribution is -2.27. The summed E-state index contributed by atoms with van der Waals surface area (Å²) in [5.41, 5.74) is 3.20. The van der Waals surface area contributed by atoms with Gasteiger partial charge in [-0.2, -0.15) is 10.4 Å². The van der Waals surface area contributed by atoms with Crippen LogP contribution in [0.1, 0.15) is 24.1 Å². The van der Waals surface area contributed by atoms with Gasteiger partial charge in [0.2, 0.25) is 0 Å². The molecule has 1 unspecified atom stereocenters. The molecule has 5 nitrogen and oxygen atoms in total. The van der Waals surface area contributed by atoms with Crippen LogP contribution >= 0.6 is 11.6 Å². The highest BCUT2D eigenvalue weighted by Gasteiger charge is 2.15. The van der Waals surface area contributed by atoms with Gasteiger partial charge in [-0.05, 0) is 30.7 Å². The third-order valence-corrected chi connectivity index (χ3v) is 4.37. The van der Waals surface area contributed by atoms with E-state index in [-0.39, 0.29) is 11.6 Å². The van der Waals surface area contributed by atoms with E-state index in [9.17, 15) is 10.1 Å². The first-order chi connectivity index (χ1) is 13.1. The first kappa shape index (κ1) is 18.4. The van der Waals surface area contributed by atoms with Gasteiger partial charge in [0, 0.05) is 16.1 Å². The molecule has 0 radical (unpaired) electrons. The Bertz CT molecular complexity index is 1000. The zero-order chi connectivity index (χ0) is 19.2. The highest BCUT2D eigenvalue weighted by atomic mass is 35.5. The predicted molar refractivity (Wildman–Crippen MR) is 106 cm³/mol. The van der Waals surface area contributed by atoms with Crippen molar-refractivity contribution in [1.82, 2.24) is 15.5 Å². The molecule has 1 atom stereocenters. The largest absolute Gasteiger partial charge is 0.345 e. The number of hydrogen-bond acceptors (Lipinski definition) is 3. The van der Waals surface area contributed by atoms with Gasteiger partial charge in [0.05, 0.1) is 17.9 Å². The van der Waals surface area contributed by atoms with Crippen LogP contribution < -0.4 is 5.32 Å². The quantitative estimate of drug-likeness (QED) is 0.507. The number of amides is 1. The van der Waals surface area contributed by atoms with Gasteiger partial charge in [-0.25, -0.2) is 0 Å². The smallest absolute Gasteiger partial charge is 0.262 e. The lowest BCUT2D eigenvalue weighted by atomic mass is 10.1. The number of aromatic amines is 1. The molecule has 134 valence electrons. The molecular weight excluding hydrogens is 360 g/mol. The zero-order valence-electron chi connectivity index (χ0n) is 14.6. The maximum atomic E-state index is 12.5. The van der Waals surface area contributed by atoms with E-state index in [1.165, 1.54) is 6.08 Å². The molecule has 1 amide bonds. The SMILES string of the molecule is CC(NC(=O)C(C#N)=Cc1cn[nH]c1-c1ccc(Cl)cc1)c1ccccc1. The molecular formula is C21H17ClN4O. The minimum absolute atomic E-state index is 0.00870. The van der Waals surface area contributed by atoms with Crippen molar-refractivity contribution in [3.8, 4) is 17.3 Å². The van der Waals surface area contributed by atoms with Crippen LogP contribution in [0.4, 0.5) is 0 Å². The van der Waals surface area contributed by atoms with Gasteiger partial charge < -0.3 is 5.32 Å². The number of nitrogens with zero attached hydrogens (tertiary/aromatic N) is 2. The normalized spacial score (nSPS) is 12.3. The number of benzene rings is 2. The number of halogens is 1. The highest BCUT2D eigenvalue weighted by molar-refractivity contribution is 6.30. The molecule has 1 aromatic heterocycles. The molecule has 0 spiro atoms. The molecule has 0 aliphatic carbocycles. The molecule has 0 bridgehead atoms. The van der Waals surface area contributed by atoms with Crippen LogP contribution in [0.5, 0.6) is 0 Å². The number of carbonyl (C=O) groups is 1. The second-order valence-corrected chi connectivity index (χ2v) is 6.42. The van der Waals surface area contributed by atoms with Gasteiger partial charge >= 0.3 is 0 Å². The van der Waals surface area contributed by atoms with Crippen molar-refractivity contribution < 1.29 is 4.79 Å². The van der Waals surface area contributed by atoms with E-state index >= 15 is 0 Å². The molecule has 3 rings (SSSR count). The van der Waals surface area contributed by atoms with Crippen LogP contribution in [0, 0.1) is 11.3 Å². The molecule has 6 heteroatoms. The van der Waals surface area contributed by atoms with E-state index in [1.54, 1.807) is 18.3 Å². The average Bonchev–Trinajstić information content (AvgIpc) is 3.15. The first-order valence-electron chi connectivity index (χ1n) is 8.35. The van der Waals surface area contributed by atoms with Crippen molar-refractivity contribution in [2.24, 2.45) is 0 Å². The van der Waals surface area contributed by atoms with Crippen LogP contribution in [-0.4, -0.2) is 16.1 Å². The van der Waals surface area contributed by atoms with Crippen molar-refractivity contribution in [2.75, 3.05) is 0 Å². The molecule has 0 aliphatic rings. The molecule has 0 aliphatic heterocycles. The highest BCUT2D eigenvalue weighted by Crippen LogP contribution is 2.24. The first-order valence-corrected chi connectivity index (χ1v) is 8.73. The summed E-state index contributed by atoms with van der Waals surface area (Å²) in [6.45, 7) is 1.87. The fourth-order valence-corrected chi connectivity index (χ4v) is 2.78. The monoisotopic (exact) mass is 376 g/mol. The van der Waals surface area contributed by atoms with Crippen molar-refractivity contribution >= 4 is 23.6 Å². The molecule has 27 heavy (non-hydrogen) atoms. The summed E-state index contributed by atoms with van der Waals surface area (Å²) in [5, 5.41) is 19.9. The number of nitrogens with one attached hydrogen (secondary N) is 2. The third kappa shape index (κ3) is 4.43. The van der Waals surface area contributed by atoms with Crippen molar-refractivity contribution in [1.29, 1.82) is 5.26 Å². The van der Waals surface area contributed by atoms with E-state index in [0.29, 0.717) is 16.3 Å². The van der Waals surface area contributed by atoms with E-state index in [1.807, 2.05) is 55.5 Å². The Morgan fingerprint density at radius 1 is 1.22 bits per heavy atom. The van der Waals surface area contributed by atoms with Crippen molar-refractivity contribution in [2.45, 2.75) is 13.0 Å². The maximum absolute atomic E-state index is 12.5. The molecule has 0 saturated carbocycles.